The number of imide groups is 1. The lowest BCUT2D eigenvalue weighted by Crippen LogP contribution is -2.36. The Morgan fingerprint density at radius 1 is 1.21 bits per heavy atom. The van der Waals surface area contributed by atoms with Gasteiger partial charge in [-0.2, -0.15) is 0 Å². The number of benzene rings is 1. The highest BCUT2D eigenvalue weighted by Gasteiger charge is 2.38. The summed E-state index contributed by atoms with van der Waals surface area (Å²) in [6.07, 6.45) is 1.84. The highest BCUT2D eigenvalue weighted by Crippen LogP contribution is 2.27. The second-order valence-corrected chi connectivity index (χ2v) is 6.49. The van der Waals surface area contributed by atoms with Crippen LogP contribution in [0.5, 0.6) is 11.5 Å². The van der Waals surface area contributed by atoms with Crippen LogP contribution in [0.4, 0.5) is 4.79 Å². The summed E-state index contributed by atoms with van der Waals surface area (Å²) in [5.41, 5.74) is 0.892. The number of carbonyl (C=O) groups is 3. The molecule has 0 unspecified atom stereocenters. The molecule has 1 atom stereocenters. The highest BCUT2D eigenvalue weighted by atomic mass is 16.5. The molecule has 2 aromatic rings. The molecule has 9 heteroatoms. The van der Waals surface area contributed by atoms with Crippen molar-refractivity contribution < 1.29 is 28.3 Å². The largest absolute Gasteiger partial charge is 0.493 e. The van der Waals surface area contributed by atoms with Gasteiger partial charge in [-0.05, 0) is 36.2 Å². The molecule has 1 fully saturated rings. The number of hydrogen-bond donors (Lipinski definition) is 2. The van der Waals surface area contributed by atoms with Gasteiger partial charge in [0.15, 0.2) is 11.5 Å². The van der Waals surface area contributed by atoms with Crippen LogP contribution in [-0.2, 0) is 22.6 Å². The van der Waals surface area contributed by atoms with Crippen molar-refractivity contribution in [2.45, 2.75) is 25.4 Å². The average Bonchev–Trinajstić information content (AvgIpc) is 3.33. The van der Waals surface area contributed by atoms with Crippen molar-refractivity contribution in [1.29, 1.82) is 0 Å². The predicted octanol–water partition coefficient (Wildman–Crippen LogP) is 1.47. The lowest BCUT2D eigenvalue weighted by Gasteiger charge is -2.14. The van der Waals surface area contributed by atoms with E-state index in [1.54, 1.807) is 38.5 Å². The summed E-state index contributed by atoms with van der Waals surface area (Å²) in [6, 6.07) is 7.50. The molecule has 0 spiro atoms. The van der Waals surface area contributed by atoms with Gasteiger partial charge < -0.3 is 24.5 Å². The number of methoxy groups -OCH3 is 2. The predicted molar refractivity (Wildman–Crippen MR) is 102 cm³/mol. The van der Waals surface area contributed by atoms with Gasteiger partial charge in [0.2, 0.25) is 5.91 Å². The number of amides is 4. The van der Waals surface area contributed by atoms with Gasteiger partial charge in [0.05, 0.1) is 33.4 Å². The van der Waals surface area contributed by atoms with E-state index in [1.165, 1.54) is 6.26 Å². The molecule has 2 N–H and O–H groups in total. The van der Waals surface area contributed by atoms with Crippen molar-refractivity contribution in [2.75, 3.05) is 20.8 Å². The zero-order valence-corrected chi connectivity index (χ0v) is 16.3. The second-order valence-electron chi connectivity index (χ2n) is 6.49. The van der Waals surface area contributed by atoms with Gasteiger partial charge in [-0.1, -0.05) is 6.07 Å². The van der Waals surface area contributed by atoms with Crippen LogP contribution in [0.2, 0.25) is 0 Å². The maximum absolute atomic E-state index is 12.5. The maximum atomic E-state index is 12.5. The summed E-state index contributed by atoms with van der Waals surface area (Å²) in [7, 11) is 3.09. The first kappa shape index (κ1) is 20.2. The first-order valence-electron chi connectivity index (χ1n) is 9.13. The Morgan fingerprint density at radius 2 is 2.00 bits per heavy atom. The molecule has 1 aliphatic rings. The maximum Gasteiger partial charge on any atom is 0.324 e. The summed E-state index contributed by atoms with van der Waals surface area (Å²) >= 11 is 0. The van der Waals surface area contributed by atoms with E-state index in [2.05, 4.69) is 10.6 Å². The number of carbonyl (C=O) groups excluding carboxylic acids is 3. The van der Waals surface area contributed by atoms with E-state index in [4.69, 9.17) is 13.9 Å². The molecule has 1 aromatic carbocycles. The molecule has 1 aliphatic heterocycles. The number of nitrogens with zero attached hydrogens (tertiary/aromatic N) is 1. The Hall–Kier alpha value is -3.49. The van der Waals surface area contributed by atoms with Gasteiger partial charge in [0.1, 0.15) is 11.8 Å². The fourth-order valence-electron chi connectivity index (χ4n) is 3.06. The van der Waals surface area contributed by atoms with E-state index in [0.29, 0.717) is 23.7 Å². The number of furan rings is 1. The second kappa shape index (κ2) is 9.13. The molecule has 4 amide bonds. The van der Waals surface area contributed by atoms with Gasteiger partial charge in [-0.15, -0.1) is 0 Å². The van der Waals surface area contributed by atoms with Crippen LogP contribution in [0.25, 0.3) is 0 Å². The lowest BCUT2D eigenvalue weighted by molar-refractivity contribution is -0.130. The number of rotatable bonds is 9. The normalized spacial score (nSPS) is 15.9. The van der Waals surface area contributed by atoms with Crippen LogP contribution in [-0.4, -0.2) is 49.6 Å². The monoisotopic (exact) mass is 401 g/mol. The zero-order chi connectivity index (χ0) is 20.8. The molecular weight excluding hydrogens is 378 g/mol. The van der Waals surface area contributed by atoms with E-state index in [0.717, 1.165) is 10.5 Å². The van der Waals surface area contributed by atoms with Crippen LogP contribution in [0.1, 0.15) is 17.7 Å². The summed E-state index contributed by atoms with van der Waals surface area (Å²) in [6.45, 7) is 0.425. The third-order valence-corrected chi connectivity index (χ3v) is 4.61. The van der Waals surface area contributed by atoms with Crippen molar-refractivity contribution in [1.82, 2.24) is 15.5 Å². The SMILES string of the molecule is COc1ccc(CCN2C(=O)N[C@@H](CC(=O)NCc3ccco3)C2=O)cc1OC. The van der Waals surface area contributed by atoms with Crippen molar-refractivity contribution in [3.05, 3.63) is 47.9 Å². The minimum atomic E-state index is -0.871. The van der Waals surface area contributed by atoms with Crippen molar-refractivity contribution in [3.8, 4) is 11.5 Å². The molecule has 0 aliphatic carbocycles. The summed E-state index contributed by atoms with van der Waals surface area (Å²) in [5.74, 6) is 1.03. The fourth-order valence-corrected chi connectivity index (χ4v) is 3.06. The molecule has 1 saturated heterocycles. The van der Waals surface area contributed by atoms with Gasteiger partial charge >= 0.3 is 6.03 Å². The van der Waals surface area contributed by atoms with E-state index < -0.39 is 18.0 Å². The van der Waals surface area contributed by atoms with Crippen LogP contribution < -0.4 is 20.1 Å². The smallest absolute Gasteiger partial charge is 0.324 e. The summed E-state index contributed by atoms with van der Waals surface area (Å²) in [5, 5.41) is 5.23. The lowest BCUT2D eigenvalue weighted by atomic mass is 10.1. The van der Waals surface area contributed by atoms with Crippen LogP contribution in [0.15, 0.2) is 41.0 Å². The van der Waals surface area contributed by atoms with E-state index in [-0.39, 0.29) is 25.4 Å². The van der Waals surface area contributed by atoms with Crippen molar-refractivity contribution in [3.63, 3.8) is 0 Å². The molecule has 0 radical (unpaired) electrons. The van der Waals surface area contributed by atoms with Gasteiger partial charge in [-0.3, -0.25) is 14.5 Å². The number of ether oxygens (including phenoxy) is 2. The molecule has 0 bridgehead atoms. The zero-order valence-electron chi connectivity index (χ0n) is 16.3. The topological polar surface area (TPSA) is 110 Å². The van der Waals surface area contributed by atoms with Gasteiger partial charge in [0.25, 0.3) is 5.91 Å². The minimum absolute atomic E-state index is 0.127. The number of hydrogen-bond acceptors (Lipinski definition) is 6. The minimum Gasteiger partial charge on any atom is -0.493 e. The summed E-state index contributed by atoms with van der Waals surface area (Å²) in [4.78, 5) is 37.9. The molecule has 1 aromatic heterocycles. The third-order valence-electron chi connectivity index (χ3n) is 4.61. The molecule has 0 saturated carbocycles. The average molecular weight is 401 g/mol. The Balaban J connectivity index is 1.53. The number of urea groups is 1. The van der Waals surface area contributed by atoms with Crippen LogP contribution >= 0.6 is 0 Å². The molecule has 2 heterocycles. The first-order chi connectivity index (χ1) is 14.0. The third kappa shape index (κ3) is 4.87. The quantitative estimate of drug-likeness (QED) is 0.616. The Bertz CT molecular complexity index is 880. The Labute approximate surface area is 167 Å². The van der Waals surface area contributed by atoms with E-state index in [1.807, 2.05) is 6.07 Å². The molecular formula is C20H23N3O6. The highest BCUT2D eigenvalue weighted by molar-refractivity contribution is 6.05. The summed E-state index contributed by atoms with van der Waals surface area (Å²) < 4.78 is 15.6. The van der Waals surface area contributed by atoms with E-state index in [9.17, 15) is 14.4 Å². The first-order valence-corrected chi connectivity index (χ1v) is 9.13. The Morgan fingerprint density at radius 3 is 2.69 bits per heavy atom. The van der Waals surface area contributed by atoms with Gasteiger partial charge in [0, 0.05) is 6.54 Å². The molecule has 154 valence electrons. The Kier molecular flexibility index (Phi) is 6.38. The number of nitrogens with one attached hydrogen (secondary N) is 2. The van der Waals surface area contributed by atoms with E-state index >= 15 is 0 Å². The van der Waals surface area contributed by atoms with Gasteiger partial charge in [-0.25, -0.2) is 4.79 Å². The fraction of sp³-hybridized carbons (Fsp3) is 0.350. The standard InChI is InChI=1S/C20H23N3O6/c1-27-16-6-5-13(10-17(16)28-2)7-8-23-19(25)15(22-20(23)26)11-18(24)21-12-14-4-3-9-29-14/h3-6,9-10,15H,7-8,11-12H2,1-2H3,(H,21,24)(H,22,26)/t15-/m0/s1. The molecule has 29 heavy (non-hydrogen) atoms. The van der Waals surface area contributed by atoms with Crippen LogP contribution in [0.3, 0.4) is 0 Å². The van der Waals surface area contributed by atoms with Crippen LogP contribution in [0, 0.1) is 0 Å². The molecule has 9 nitrogen and oxygen atoms in total. The van der Waals surface area contributed by atoms with Crippen molar-refractivity contribution >= 4 is 17.8 Å². The molecule has 3 rings (SSSR count). The van der Waals surface area contributed by atoms with Crippen molar-refractivity contribution in [2.24, 2.45) is 0 Å².